The maximum absolute atomic E-state index is 11.9. The van der Waals surface area contributed by atoms with Gasteiger partial charge in [-0.1, -0.05) is 20.3 Å². The van der Waals surface area contributed by atoms with Crippen molar-refractivity contribution in [3.05, 3.63) is 0 Å². The Morgan fingerprint density at radius 1 is 1.27 bits per heavy atom. The van der Waals surface area contributed by atoms with E-state index >= 15 is 0 Å². The van der Waals surface area contributed by atoms with Crippen LogP contribution in [0.3, 0.4) is 0 Å². The third-order valence-electron chi connectivity index (χ3n) is 3.71. The highest BCUT2D eigenvalue weighted by Gasteiger charge is 2.36. The third kappa shape index (κ3) is 2.94. The lowest BCUT2D eigenvalue weighted by Gasteiger charge is -2.35. The smallest absolute Gasteiger partial charge is 0.154 e. The van der Waals surface area contributed by atoms with Crippen molar-refractivity contribution in [2.75, 3.05) is 12.8 Å². The van der Waals surface area contributed by atoms with Gasteiger partial charge in [-0.2, -0.15) is 0 Å². The molecule has 1 aliphatic rings. The van der Waals surface area contributed by atoms with Gasteiger partial charge in [0, 0.05) is 11.8 Å². The van der Waals surface area contributed by atoms with Gasteiger partial charge in [-0.25, -0.2) is 8.42 Å². The van der Waals surface area contributed by atoms with Crippen LogP contribution in [0.4, 0.5) is 0 Å². The second-order valence-electron chi connectivity index (χ2n) is 4.47. The number of nitrogens with one attached hydrogen (secondary N) is 1. The van der Waals surface area contributed by atoms with Crippen molar-refractivity contribution in [1.29, 1.82) is 0 Å². The van der Waals surface area contributed by atoms with Crippen molar-refractivity contribution in [3.8, 4) is 0 Å². The maximum atomic E-state index is 11.9. The zero-order valence-electron chi connectivity index (χ0n) is 9.99. The van der Waals surface area contributed by atoms with E-state index in [0.29, 0.717) is 5.92 Å². The maximum Gasteiger partial charge on any atom is 0.154 e. The number of rotatable bonds is 4. The minimum atomic E-state index is -2.89. The third-order valence-corrected chi connectivity index (χ3v) is 5.96. The van der Waals surface area contributed by atoms with Crippen LogP contribution in [0, 0.1) is 5.92 Å². The monoisotopic (exact) mass is 233 g/mol. The molecular weight excluding hydrogens is 210 g/mol. The first-order valence-corrected chi connectivity index (χ1v) is 7.65. The molecule has 3 nitrogen and oxygen atoms in total. The van der Waals surface area contributed by atoms with Crippen LogP contribution in [-0.2, 0) is 9.84 Å². The van der Waals surface area contributed by atoms with E-state index in [9.17, 15) is 8.42 Å². The van der Waals surface area contributed by atoms with Gasteiger partial charge in [0.1, 0.15) is 0 Å². The van der Waals surface area contributed by atoms with Crippen LogP contribution in [0.25, 0.3) is 0 Å². The van der Waals surface area contributed by atoms with Crippen LogP contribution in [0.5, 0.6) is 0 Å². The minimum Gasteiger partial charge on any atom is -0.316 e. The second-order valence-corrected chi connectivity index (χ2v) is 6.98. The van der Waals surface area contributed by atoms with Gasteiger partial charge in [-0.3, -0.25) is 0 Å². The van der Waals surface area contributed by atoms with Crippen LogP contribution in [0.1, 0.15) is 39.5 Å². The average molecular weight is 233 g/mol. The van der Waals surface area contributed by atoms with Crippen molar-refractivity contribution < 1.29 is 8.42 Å². The van der Waals surface area contributed by atoms with Crippen LogP contribution < -0.4 is 5.32 Å². The largest absolute Gasteiger partial charge is 0.316 e. The van der Waals surface area contributed by atoms with Crippen LogP contribution in [0.2, 0.25) is 0 Å². The highest BCUT2D eigenvalue weighted by molar-refractivity contribution is 7.92. The molecule has 0 aromatic heterocycles. The molecule has 0 radical (unpaired) electrons. The molecular formula is C11H23NO2S. The summed E-state index contributed by atoms with van der Waals surface area (Å²) in [5.41, 5.74) is 0. The van der Waals surface area contributed by atoms with E-state index in [0.717, 1.165) is 25.7 Å². The van der Waals surface area contributed by atoms with Gasteiger partial charge in [0.25, 0.3) is 0 Å². The van der Waals surface area contributed by atoms with Crippen LogP contribution in [-0.4, -0.2) is 32.5 Å². The second kappa shape index (κ2) is 5.30. The zero-order valence-corrected chi connectivity index (χ0v) is 10.8. The molecule has 0 heterocycles. The van der Waals surface area contributed by atoms with Gasteiger partial charge in [0.15, 0.2) is 9.84 Å². The summed E-state index contributed by atoms with van der Waals surface area (Å²) in [6, 6.07) is 0.165. The Balaban J connectivity index is 2.80. The summed E-state index contributed by atoms with van der Waals surface area (Å²) in [5, 5.41) is 3.00. The van der Waals surface area contributed by atoms with Crippen molar-refractivity contribution in [2.24, 2.45) is 5.92 Å². The molecule has 1 saturated carbocycles. The lowest BCUT2D eigenvalue weighted by Crippen LogP contribution is -2.47. The molecule has 3 unspecified atom stereocenters. The molecule has 0 aromatic rings. The summed E-state index contributed by atoms with van der Waals surface area (Å²) < 4.78 is 23.9. The summed E-state index contributed by atoms with van der Waals surface area (Å²) in [6.45, 7) is 3.90. The molecule has 1 N–H and O–H groups in total. The van der Waals surface area contributed by atoms with Crippen molar-refractivity contribution in [3.63, 3.8) is 0 Å². The van der Waals surface area contributed by atoms with E-state index in [-0.39, 0.29) is 17.0 Å². The van der Waals surface area contributed by atoms with Gasteiger partial charge in [-0.15, -0.1) is 0 Å². The molecule has 0 aromatic carbocycles. The van der Waals surface area contributed by atoms with Crippen molar-refractivity contribution in [1.82, 2.24) is 5.32 Å². The highest BCUT2D eigenvalue weighted by Crippen LogP contribution is 2.31. The molecule has 90 valence electrons. The Morgan fingerprint density at radius 3 is 2.40 bits per heavy atom. The standard InChI is InChI=1S/C11H23NO2S/c1-4-9-6-7-10(12-3)11(8-9)15(13,14)5-2/h9-12H,4-8H2,1-3H3. The molecule has 0 aliphatic heterocycles. The quantitative estimate of drug-likeness (QED) is 0.802. The van der Waals surface area contributed by atoms with Gasteiger partial charge in [0.05, 0.1) is 5.25 Å². The van der Waals surface area contributed by atoms with Gasteiger partial charge in [0.2, 0.25) is 0 Å². The van der Waals surface area contributed by atoms with E-state index in [1.165, 1.54) is 0 Å². The summed E-state index contributed by atoms with van der Waals surface area (Å²) in [5.74, 6) is 0.868. The number of hydrogen-bond acceptors (Lipinski definition) is 3. The predicted octanol–water partition coefficient (Wildman–Crippen LogP) is 1.59. The van der Waals surface area contributed by atoms with Crippen molar-refractivity contribution >= 4 is 9.84 Å². The van der Waals surface area contributed by atoms with E-state index in [1.807, 2.05) is 7.05 Å². The summed E-state index contributed by atoms with van der Waals surface area (Å²) in [7, 11) is -1.02. The Bertz CT molecular complexity index is 287. The Hall–Kier alpha value is -0.0900. The molecule has 15 heavy (non-hydrogen) atoms. The van der Waals surface area contributed by atoms with E-state index in [2.05, 4.69) is 12.2 Å². The van der Waals surface area contributed by atoms with E-state index in [4.69, 9.17) is 0 Å². The highest BCUT2D eigenvalue weighted by atomic mass is 32.2. The molecule has 0 amide bonds. The minimum absolute atomic E-state index is 0.161. The average Bonchev–Trinajstić information content (AvgIpc) is 2.28. The molecule has 1 aliphatic carbocycles. The first-order chi connectivity index (χ1) is 7.05. The van der Waals surface area contributed by atoms with Gasteiger partial charge < -0.3 is 5.32 Å². The summed E-state index contributed by atoms with van der Waals surface area (Å²) in [4.78, 5) is 0. The summed E-state index contributed by atoms with van der Waals surface area (Å²) in [6.07, 6.45) is 4.11. The van der Waals surface area contributed by atoms with E-state index in [1.54, 1.807) is 6.92 Å². The SMILES string of the molecule is CCC1CCC(NC)C(S(=O)(=O)CC)C1. The summed E-state index contributed by atoms with van der Waals surface area (Å²) >= 11 is 0. The fourth-order valence-electron chi connectivity index (χ4n) is 2.52. The fourth-order valence-corrected chi connectivity index (χ4v) is 4.29. The molecule has 0 saturated heterocycles. The first kappa shape index (κ1) is 13.0. The number of sulfone groups is 1. The fraction of sp³-hybridized carbons (Fsp3) is 1.00. The zero-order chi connectivity index (χ0) is 11.5. The van der Waals surface area contributed by atoms with Crippen LogP contribution in [0.15, 0.2) is 0 Å². The molecule has 3 atom stereocenters. The number of hydrogen-bond donors (Lipinski definition) is 1. The molecule has 0 bridgehead atoms. The normalized spacial score (nSPS) is 32.9. The van der Waals surface area contributed by atoms with E-state index < -0.39 is 9.84 Å². The Morgan fingerprint density at radius 2 is 1.93 bits per heavy atom. The van der Waals surface area contributed by atoms with Crippen LogP contribution >= 0.6 is 0 Å². The lowest BCUT2D eigenvalue weighted by atomic mass is 9.84. The lowest BCUT2D eigenvalue weighted by molar-refractivity contribution is 0.296. The molecule has 0 spiro atoms. The Kier molecular flexibility index (Phi) is 4.59. The molecule has 1 fully saturated rings. The molecule has 4 heteroatoms. The topological polar surface area (TPSA) is 46.2 Å². The molecule has 1 rings (SSSR count). The van der Waals surface area contributed by atoms with Gasteiger partial charge >= 0.3 is 0 Å². The predicted molar refractivity (Wildman–Crippen MR) is 63.7 cm³/mol. The van der Waals surface area contributed by atoms with Gasteiger partial charge in [-0.05, 0) is 32.2 Å². The Labute approximate surface area is 93.6 Å². The van der Waals surface area contributed by atoms with Crippen molar-refractivity contribution in [2.45, 2.75) is 50.8 Å². The first-order valence-electron chi connectivity index (χ1n) is 5.94.